The maximum Gasteiger partial charge on any atom is 0.314 e. The molecule has 0 bridgehead atoms. The zero-order chi connectivity index (χ0) is 17.6. The van der Waals surface area contributed by atoms with Crippen molar-refractivity contribution in [3.05, 3.63) is 30.1 Å². The van der Waals surface area contributed by atoms with Crippen molar-refractivity contribution in [1.29, 1.82) is 0 Å². The summed E-state index contributed by atoms with van der Waals surface area (Å²) in [7, 11) is 0. The van der Waals surface area contributed by atoms with Gasteiger partial charge in [-0.15, -0.1) is 0 Å². The van der Waals surface area contributed by atoms with Crippen molar-refractivity contribution in [3.63, 3.8) is 0 Å². The first kappa shape index (κ1) is 18.4. The highest BCUT2D eigenvalue weighted by molar-refractivity contribution is 5.75. The molecule has 2 aliphatic rings. The molecule has 3 heteroatoms. The van der Waals surface area contributed by atoms with E-state index in [2.05, 4.69) is 6.92 Å². The maximum atomic E-state index is 12.9. The van der Waals surface area contributed by atoms with E-state index < -0.39 is 0 Å². The molecule has 1 aromatic carbocycles. The van der Waals surface area contributed by atoms with Crippen LogP contribution in [0.4, 0.5) is 4.39 Å². The lowest BCUT2D eigenvalue weighted by Gasteiger charge is -2.37. The Morgan fingerprint density at radius 3 is 2.08 bits per heavy atom. The summed E-state index contributed by atoms with van der Waals surface area (Å²) in [4.78, 5) is 12.3. The van der Waals surface area contributed by atoms with Crippen molar-refractivity contribution in [2.24, 2.45) is 23.7 Å². The quantitative estimate of drug-likeness (QED) is 0.472. The van der Waals surface area contributed by atoms with Crippen LogP contribution in [0.15, 0.2) is 24.3 Å². The molecule has 0 N–H and O–H groups in total. The van der Waals surface area contributed by atoms with Gasteiger partial charge in [0.15, 0.2) is 0 Å². The van der Waals surface area contributed by atoms with Crippen LogP contribution >= 0.6 is 0 Å². The molecule has 0 spiro atoms. The molecule has 0 saturated heterocycles. The van der Waals surface area contributed by atoms with Gasteiger partial charge in [0.05, 0.1) is 5.92 Å². The fraction of sp³-hybridized carbons (Fsp3) is 0.682. The average molecular weight is 346 g/mol. The van der Waals surface area contributed by atoms with Gasteiger partial charge in [0.1, 0.15) is 11.6 Å². The van der Waals surface area contributed by atoms with Crippen LogP contribution in [-0.4, -0.2) is 5.97 Å². The van der Waals surface area contributed by atoms with E-state index in [0.717, 1.165) is 43.4 Å². The first-order valence-electron chi connectivity index (χ1n) is 10.1. The van der Waals surface area contributed by atoms with Crippen LogP contribution < -0.4 is 4.74 Å². The van der Waals surface area contributed by atoms with Crippen molar-refractivity contribution < 1.29 is 13.9 Å². The fourth-order valence-electron chi connectivity index (χ4n) is 4.88. The molecule has 1 aromatic rings. The fourth-order valence-corrected chi connectivity index (χ4v) is 4.88. The molecule has 0 atom stereocenters. The van der Waals surface area contributed by atoms with E-state index in [1.54, 1.807) is 0 Å². The van der Waals surface area contributed by atoms with Crippen LogP contribution in [0.2, 0.25) is 0 Å². The summed E-state index contributed by atoms with van der Waals surface area (Å²) in [5.41, 5.74) is 0. The van der Waals surface area contributed by atoms with Crippen molar-refractivity contribution in [3.8, 4) is 5.75 Å². The molecule has 0 radical (unpaired) electrons. The predicted octanol–water partition coefficient (Wildman–Crippen LogP) is 6.14. The monoisotopic (exact) mass is 346 g/mol. The second-order valence-electron chi connectivity index (χ2n) is 8.06. The van der Waals surface area contributed by atoms with Crippen LogP contribution in [0.25, 0.3) is 0 Å². The SMILES string of the molecule is CCCC1CCC(C2CCC(C(=O)Oc3ccc(F)cc3)CC2)CC1. The van der Waals surface area contributed by atoms with E-state index >= 15 is 0 Å². The normalized spacial score (nSPS) is 30.0. The Hall–Kier alpha value is -1.38. The molecule has 0 heterocycles. The van der Waals surface area contributed by atoms with Gasteiger partial charge >= 0.3 is 5.97 Å². The van der Waals surface area contributed by atoms with E-state index in [1.165, 1.54) is 62.8 Å². The van der Waals surface area contributed by atoms with Crippen LogP contribution in [0.5, 0.6) is 5.75 Å². The van der Waals surface area contributed by atoms with Gasteiger partial charge in [-0.3, -0.25) is 4.79 Å². The number of hydrogen-bond donors (Lipinski definition) is 0. The van der Waals surface area contributed by atoms with Gasteiger partial charge in [0.25, 0.3) is 0 Å². The van der Waals surface area contributed by atoms with E-state index in [0.29, 0.717) is 5.75 Å². The number of hydrogen-bond acceptors (Lipinski definition) is 2. The minimum absolute atomic E-state index is 0.0118. The molecule has 2 nitrogen and oxygen atoms in total. The van der Waals surface area contributed by atoms with Gasteiger partial charge in [0, 0.05) is 0 Å². The Morgan fingerprint density at radius 2 is 1.52 bits per heavy atom. The number of rotatable bonds is 5. The summed E-state index contributed by atoms with van der Waals surface area (Å²) < 4.78 is 18.4. The van der Waals surface area contributed by atoms with E-state index in [-0.39, 0.29) is 17.7 Å². The number of carbonyl (C=O) groups is 1. The van der Waals surface area contributed by atoms with E-state index in [4.69, 9.17) is 4.74 Å². The Bertz CT molecular complexity index is 538. The summed E-state index contributed by atoms with van der Waals surface area (Å²) in [6.45, 7) is 2.29. The average Bonchev–Trinajstić information content (AvgIpc) is 2.65. The summed E-state index contributed by atoms with van der Waals surface area (Å²) in [5.74, 6) is 2.65. The zero-order valence-corrected chi connectivity index (χ0v) is 15.4. The highest BCUT2D eigenvalue weighted by Crippen LogP contribution is 2.42. The molecule has 0 unspecified atom stereocenters. The first-order valence-corrected chi connectivity index (χ1v) is 10.1. The Kier molecular flexibility index (Phi) is 6.50. The third-order valence-corrected chi connectivity index (χ3v) is 6.39. The second-order valence-corrected chi connectivity index (χ2v) is 8.06. The lowest BCUT2D eigenvalue weighted by Crippen LogP contribution is -2.30. The molecule has 138 valence electrons. The highest BCUT2D eigenvalue weighted by Gasteiger charge is 2.33. The number of esters is 1. The highest BCUT2D eigenvalue weighted by atomic mass is 19.1. The number of ether oxygens (including phenoxy) is 1. The number of benzene rings is 1. The van der Waals surface area contributed by atoms with Gasteiger partial charge in [-0.2, -0.15) is 0 Å². The molecule has 2 fully saturated rings. The van der Waals surface area contributed by atoms with Crippen molar-refractivity contribution in [2.75, 3.05) is 0 Å². The van der Waals surface area contributed by atoms with E-state index in [1.807, 2.05) is 0 Å². The van der Waals surface area contributed by atoms with Crippen LogP contribution in [0.1, 0.15) is 71.1 Å². The Balaban J connectivity index is 1.42. The molecule has 2 saturated carbocycles. The minimum Gasteiger partial charge on any atom is -0.426 e. The summed E-state index contributed by atoms with van der Waals surface area (Å²) in [6.07, 6.45) is 12.5. The third kappa shape index (κ3) is 5.05. The van der Waals surface area contributed by atoms with Crippen LogP contribution in [-0.2, 0) is 4.79 Å². The Morgan fingerprint density at radius 1 is 0.960 bits per heavy atom. The number of carbonyl (C=O) groups excluding carboxylic acids is 1. The molecular formula is C22H31FO2. The summed E-state index contributed by atoms with van der Waals surface area (Å²) >= 11 is 0. The third-order valence-electron chi connectivity index (χ3n) is 6.39. The van der Waals surface area contributed by atoms with Crippen molar-refractivity contribution >= 4 is 5.97 Å². The topological polar surface area (TPSA) is 26.3 Å². The molecule has 3 rings (SSSR count). The second kappa shape index (κ2) is 8.82. The number of halogens is 1. The van der Waals surface area contributed by atoms with Gasteiger partial charge in [-0.1, -0.05) is 32.6 Å². The van der Waals surface area contributed by atoms with Gasteiger partial charge in [-0.25, -0.2) is 4.39 Å². The molecule has 0 aromatic heterocycles. The van der Waals surface area contributed by atoms with Crippen molar-refractivity contribution in [1.82, 2.24) is 0 Å². The lowest BCUT2D eigenvalue weighted by atomic mass is 9.69. The molecule has 0 aliphatic heterocycles. The molecule has 2 aliphatic carbocycles. The first-order chi connectivity index (χ1) is 12.2. The minimum atomic E-state index is -0.311. The lowest BCUT2D eigenvalue weighted by molar-refractivity contribution is -0.140. The summed E-state index contributed by atoms with van der Waals surface area (Å²) in [5, 5.41) is 0. The largest absolute Gasteiger partial charge is 0.426 e. The van der Waals surface area contributed by atoms with E-state index in [9.17, 15) is 9.18 Å². The smallest absolute Gasteiger partial charge is 0.314 e. The van der Waals surface area contributed by atoms with Crippen LogP contribution in [0, 0.1) is 29.5 Å². The van der Waals surface area contributed by atoms with Gasteiger partial charge < -0.3 is 4.74 Å². The molecular weight excluding hydrogens is 315 g/mol. The predicted molar refractivity (Wildman–Crippen MR) is 97.8 cm³/mol. The summed E-state index contributed by atoms with van der Waals surface area (Å²) in [6, 6.07) is 5.70. The zero-order valence-electron chi connectivity index (χ0n) is 15.4. The molecule has 25 heavy (non-hydrogen) atoms. The standard InChI is InChI=1S/C22H31FO2/c1-2-3-16-4-6-17(7-5-16)18-8-10-19(11-9-18)22(24)25-21-14-12-20(23)13-15-21/h12-19H,2-11H2,1H3. The van der Waals surface area contributed by atoms with Crippen LogP contribution in [0.3, 0.4) is 0 Å². The maximum absolute atomic E-state index is 12.9. The Labute approximate surface area is 151 Å². The van der Waals surface area contributed by atoms with Crippen molar-refractivity contribution in [2.45, 2.75) is 71.1 Å². The molecule has 0 amide bonds. The van der Waals surface area contributed by atoms with Gasteiger partial charge in [-0.05, 0) is 80.5 Å². The van der Waals surface area contributed by atoms with Gasteiger partial charge in [0.2, 0.25) is 0 Å².